The Morgan fingerprint density at radius 2 is 2.15 bits per heavy atom. The van der Waals surface area contributed by atoms with Crippen LogP contribution >= 0.6 is 11.3 Å². The third-order valence-electron chi connectivity index (χ3n) is 4.42. The second-order valence-corrected chi connectivity index (χ2v) is 7.20. The van der Waals surface area contributed by atoms with Crippen molar-refractivity contribution in [2.24, 2.45) is 5.92 Å². The lowest BCUT2D eigenvalue weighted by molar-refractivity contribution is -0.125. The van der Waals surface area contributed by atoms with Crippen LogP contribution in [0.15, 0.2) is 42.3 Å². The predicted octanol–water partition coefficient (Wildman–Crippen LogP) is 1.65. The maximum atomic E-state index is 12.5. The van der Waals surface area contributed by atoms with Gasteiger partial charge in [-0.15, -0.1) is 21.5 Å². The molecule has 4 rings (SSSR count). The molecule has 134 valence electrons. The van der Waals surface area contributed by atoms with E-state index in [1.165, 1.54) is 11.2 Å². The summed E-state index contributed by atoms with van der Waals surface area (Å²) < 4.78 is 1.56. The highest BCUT2D eigenvalue weighted by atomic mass is 32.1. The van der Waals surface area contributed by atoms with E-state index in [9.17, 15) is 4.79 Å². The third-order valence-corrected chi connectivity index (χ3v) is 5.30. The van der Waals surface area contributed by atoms with Crippen LogP contribution in [-0.4, -0.2) is 44.0 Å². The lowest BCUT2D eigenvalue weighted by atomic mass is 9.97. The first-order valence-electron chi connectivity index (χ1n) is 8.53. The molecular formula is C17H19N7OS. The fraction of sp³-hybridized carbons (Fsp3) is 0.353. The second kappa shape index (κ2) is 7.61. The largest absolute Gasteiger partial charge is 0.354 e. The molecule has 1 saturated heterocycles. The van der Waals surface area contributed by atoms with Crippen molar-refractivity contribution in [3.63, 3.8) is 0 Å². The van der Waals surface area contributed by atoms with Gasteiger partial charge < -0.3 is 10.2 Å². The van der Waals surface area contributed by atoms with Crippen LogP contribution < -0.4 is 10.2 Å². The van der Waals surface area contributed by atoms with E-state index in [1.807, 2.05) is 29.6 Å². The molecule has 1 N–H and O–H groups in total. The van der Waals surface area contributed by atoms with Crippen LogP contribution in [0.2, 0.25) is 0 Å². The fourth-order valence-electron chi connectivity index (χ4n) is 3.07. The quantitative estimate of drug-likeness (QED) is 0.736. The zero-order chi connectivity index (χ0) is 17.8. The highest BCUT2D eigenvalue weighted by Crippen LogP contribution is 2.22. The summed E-state index contributed by atoms with van der Waals surface area (Å²) in [5.41, 5.74) is 0. The van der Waals surface area contributed by atoms with Gasteiger partial charge in [-0.3, -0.25) is 4.79 Å². The minimum absolute atomic E-state index is 0.0273. The number of carbonyl (C=O) groups is 1. The number of amides is 1. The summed E-state index contributed by atoms with van der Waals surface area (Å²) in [6.07, 6.45) is 4.90. The molecule has 3 aromatic heterocycles. The van der Waals surface area contributed by atoms with E-state index < -0.39 is 0 Å². The van der Waals surface area contributed by atoms with Crippen molar-refractivity contribution in [1.82, 2.24) is 30.3 Å². The second-order valence-electron chi connectivity index (χ2n) is 6.17. The summed E-state index contributed by atoms with van der Waals surface area (Å²) in [5.74, 6) is 1.48. The summed E-state index contributed by atoms with van der Waals surface area (Å²) in [4.78, 5) is 19.7. The van der Waals surface area contributed by atoms with Crippen molar-refractivity contribution in [3.8, 4) is 5.82 Å². The number of carbonyl (C=O) groups excluding carboxylic acids is 1. The number of anilines is 1. The van der Waals surface area contributed by atoms with Gasteiger partial charge in [0, 0.05) is 18.0 Å². The van der Waals surface area contributed by atoms with E-state index >= 15 is 0 Å². The molecule has 1 aliphatic rings. The zero-order valence-electron chi connectivity index (χ0n) is 14.2. The Morgan fingerprint density at radius 1 is 1.27 bits per heavy atom. The molecule has 1 fully saturated rings. The minimum Gasteiger partial charge on any atom is -0.354 e. The molecule has 1 unspecified atom stereocenters. The van der Waals surface area contributed by atoms with Crippen LogP contribution in [0, 0.1) is 5.92 Å². The average Bonchev–Trinajstić information content (AvgIpc) is 3.40. The molecule has 4 heterocycles. The SMILES string of the molecule is O=C(NCc1cccs1)C1CCCN(c2ccc(-n3cncn3)nn2)C1. The van der Waals surface area contributed by atoms with Crippen molar-refractivity contribution < 1.29 is 4.79 Å². The highest BCUT2D eigenvalue weighted by Gasteiger charge is 2.26. The number of nitrogens with zero attached hydrogens (tertiary/aromatic N) is 6. The van der Waals surface area contributed by atoms with Gasteiger partial charge in [0.15, 0.2) is 11.6 Å². The molecule has 8 nitrogen and oxygen atoms in total. The van der Waals surface area contributed by atoms with Crippen molar-refractivity contribution in [2.75, 3.05) is 18.0 Å². The monoisotopic (exact) mass is 369 g/mol. The summed E-state index contributed by atoms with van der Waals surface area (Å²) in [7, 11) is 0. The molecule has 0 saturated carbocycles. The molecule has 1 atom stereocenters. The first kappa shape index (κ1) is 16.6. The number of aromatic nitrogens is 5. The Labute approximate surface area is 154 Å². The number of piperidine rings is 1. The van der Waals surface area contributed by atoms with E-state index in [4.69, 9.17) is 0 Å². The molecule has 26 heavy (non-hydrogen) atoms. The normalized spacial score (nSPS) is 17.2. The minimum atomic E-state index is -0.0273. The predicted molar refractivity (Wildman–Crippen MR) is 98.1 cm³/mol. The first-order chi connectivity index (χ1) is 12.8. The summed E-state index contributed by atoms with van der Waals surface area (Å²) >= 11 is 1.65. The fourth-order valence-corrected chi connectivity index (χ4v) is 3.71. The van der Waals surface area contributed by atoms with Gasteiger partial charge in [-0.25, -0.2) is 9.67 Å². The molecule has 0 aliphatic carbocycles. The zero-order valence-corrected chi connectivity index (χ0v) is 15.0. The first-order valence-corrected chi connectivity index (χ1v) is 9.41. The third kappa shape index (κ3) is 3.72. The Morgan fingerprint density at radius 3 is 2.88 bits per heavy atom. The van der Waals surface area contributed by atoms with E-state index in [2.05, 4.69) is 30.5 Å². The Balaban J connectivity index is 1.37. The van der Waals surface area contributed by atoms with Crippen LogP contribution in [0.4, 0.5) is 5.82 Å². The highest BCUT2D eigenvalue weighted by molar-refractivity contribution is 7.09. The maximum absolute atomic E-state index is 12.5. The van der Waals surface area contributed by atoms with Gasteiger partial charge in [0.25, 0.3) is 0 Å². The molecule has 9 heteroatoms. The molecular weight excluding hydrogens is 350 g/mol. The van der Waals surface area contributed by atoms with Crippen LogP contribution in [-0.2, 0) is 11.3 Å². The van der Waals surface area contributed by atoms with Gasteiger partial charge in [-0.2, -0.15) is 5.10 Å². The smallest absolute Gasteiger partial charge is 0.225 e. The number of rotatable bonds is 5. The van der Waals surface area contributed by atoms with E-state index in [0.717, 1.165) is 25.2 Å². The lowest BCUT2D eigenvalue weighted by Crippen LogP contribution is -2.43. The molecule has 0 radical (unpaired) electrons. The maximum Gasteiger partial charge on any atom is 0.225 e. The standard InChI is InChI=1S/C17H19N7OS/c25-17(19-9-14-4-2-8-26-14)13-3-1-7-23(10-13)15-5-6-16(22-21-15)24-12-18-11-20-24/h2,4-6,8,11-13H,1,3,7,9-10H2,(H,19,25). The van der Waals surface area contributed by atoms with E-state index in [1.54, 1.807) is 22.3 Å². The number of thiophene rings is 1. The van der Waals surface area contributed by atoms with Gasteiger partial charge in [0.05, 0.1) is 12.5 Å². The average molecular weight is 369 g/mol. The van der Waals surface area contributed by atoms with Crippen LogP contribution in [0.5, 0.6) is 0 Å². The molecule has 1 amide bonds. The number of hydrogen-bond donors (Lipinski definition) is 1. The lowest BCUT2D eigenvalue weighted by Gasteiger charge is -2.32. The van der Waals surface area contributed by atoms with Gasteiger partial charge >= 0.3 is 0 Å². The number of hydrogen-bond acceptors (Lipinski definition) is 7. The molecule has 0 aromatic carbocycles. The summed E-state index contributed by atoms with van der Waals surface area (Å²) in [6, 6.07) is 7.80. The van der Waals surface area contributed by atoms with Gasteiger partial charge in [0.2, 0.25) is 5.91 Å². The van der Waals surface area contributed by atoms with Crippen molar-refractivity contribution >= 4 is 23.1 Å². The summed E-state index contributed by atoms with van der Waals surface area (Å²) in [5, 5.41) is 17.6. The molecule has 0 spiro atoms. The topological polar surface area (TPSA) is 88.8 Å². The van der Waals surface area contributed by atoms with Gasteiger partial charge in [-0.1, -0.05) is 6.07 Å². The Bertz CT molecular complexity index is 833. The molecule has 0 bridgehead atoms. The van der Waals surface area contributed by atoms with Crippen LogP contribution in [0.25, 0.3) is 5.82 Å². The van der Waals surface area contributed by atoms with Crippen LogP contribution in [0.1, 0.15) is 17.7 Å². The molecule has 3 aromatic rings. The number of nitrogens with one attached hydrogen (secondary N) is 1. The Kier molecular flexibility index (Phi) is 4.87. The van der Waals surface area contributed by atoms with Gasteiger partial charge in [-0.05, 0) is 36.4 Å². The summed E-state index contributed by atoms with van der Waals surface area (Å²) in [6.45, 7) is 2.14. The van der Waals surface area contributed by atoms with Gasteiger partial charge in [0.1, 0.15) is 12.7 Å². The molecule has 1 aliphatic heterocycles. The van der Waals surface area contributed by atoms with Crippen molar-refractivity contribution in [3.05, 3.63) is 47.2 Å². The van der Waals surface area contributed by atoms with Crippen molar-refractivity contribution in [2.45, 2.75) is 19.4 Å². The van der Waals surface area contributed by atoms with Crippen molar-refractivity contribution in [1.29, 1.82) is 0 Å². The van der Waals surface area contributed by atoms with Crippen LogP contribution in [0.3, 0.4) is 0 Å². The van der Waals surface area contributed by atoms with E-state index in [-0.39, 0.29) is 11.8 Å². The Hall–Kier alpha value is -2.81. The van der Waals surface area contributed by atoms with E-state index in [0.29, 0.717) is 18.9 Å².